The van der Waals surface area contributed by atoms with E-state index in [1.54, 1.807) is 6.07 Å². The van der Waals surface area contributed by atoms with Crippen LogP contribution >= 0.6 is 0 Å². The van der Waals surface area contributed by atoms with E-state index in [1.165, 1.54) is 6.07 Å². The van der Waals surface area contributed by atoms with E-state index in [0.717, 1.165) is 6.07 Å². The first-order valence-corrected chi connectivity index (χ1v) is 5.96. The van der Waals surface area contributed by atoms with Gasteiger partial charge in [-0.25, -0.2) is 4.39 Å². The van der Waals surface area contributed by atoms with Crippen LogP contribution in [-0.4, -0.2) is 5.11 Å². The van der Waals surface area contributed by atoms with Gasteiger partial charge in [0.25, 0.3) is 0 Å². The van der Waals surface area contributed by atoms with E-state index >= 15 is 0 Å². The van der Waals surface area contributed by atoms with Gasteiger partial charge in [0.05, 0.1) is 5.56 Å². The van der Waals surface area contributed by atoms with E-state index in [2.05, 4.69) is 0 Å². The van der Waals surface area contributed by atoms with Crippen LogP contribution in [0.25, 0.3) is 0 Å². The Hall–Kier alpha value is -1.82. The zero-order chi connectivity index (χ0) is 14.9. The Morgan fingerprint density at radius 2 is 1.90 bits per heavy atom. The molecule has 2 aromatic rings. The zero-order valence-corrected chi connectivity index (χ0v) is 10.5. The van der Waals surface area contributed by atoms with E-state index < -0.39 is 23.7 Å². The van der Waals surface area contributed by atoms with Crippen molar-refractivity contribution in [3.05, 3.63) is 58.8 Å². The van der Waals surface area contributed by atoms with Gasteiger partial charge in [-0.05, 0) is 29.8 Å². The van der Waals surface area contributed by atoms with Gasteiger partial charge < -0.3 is 9.52 Å². The number of aryl methyl sites for hydroxylation is 1. The molecule has 0 radical (unpaired) electrons. The van der Waals surface area contributed by atoms with Crippen molar-refractivity contribution in [3.63, 3.8) is 0 Å². The summed E-state index contributed by atoms with van der Waals surface area (Å²) in [6.45, 7) is 1.84. The van der Waals surface area contributed by atoms with Crippen LogP contribution < -0.4 is 0 Å². The molecule has 0 saturated heterocycles. The molecule has 0 fully saturated rings. The molecular formula is C14H12F4O2. The van der Waals surface area contributed by atoms with Gasteiger partial charge in [0.2, 0.25) is 0 Å². The lowest BCUT2D eigenvalue weighted by molar-refractivity contribution is -0.140. The Labute approximate surface area is 112 Å². The lowest BCUT2D eigenvalue weighted by atomic mass is 10.0. The second-order valence-electron chi connectivity index (χ2n) is 4.30. The molecule has 0 aliphatic carbocycles. The predicted octanol–water partition coefficient (Wildman–Crippen LogP) is 4.08. The first-order chi connectivity index (χ1) is 9.32. The van der Waals surface area contributed by atoms with Crippen LogP contribution in [0.4, 0.5) is 17.6 Å². The Bertz CT molecular complexity index is 601. The molecule has 1 heterocycles. The molecule has 20 heavy (non-hydrogen) atoms. The van der Waals surface area contributed by atoms with Gasteiger partial charge in [0.1, 0.15) is 23.4 Å². The van der Waals surface area contributed by atoms with Gasteiger partial charge in [0, 0.05) is 6.42 Å². The molecule has 0 bridgehead atoms. The summed E-state index contributed by atoms with van der Waals surface area (Å²) in [5.41, 5.74) is -1.48. The lowest BCUT2D eigenvalue weighted by Crippen LogP contribution is -2.10. The molecule has 1 aromatic carbocycles. The first-order valence-electron chi connectivity index (χ1n) is 5.96. The maximum atomic E-state index is 13.2. The highest BCUT2D eigenvalue weighted by molar-refractivity contribution is 5.32. The third-order valence-corrected chi connectivity index (χ3v) is 2.91. The largest absolute Gasteiger partial charge is 0.463 e. The highest BCUT2D eigenvalue weighted by Crippen LogP contribution is 2.34. The summed E-state index contributed by atoms with van der Waals surface area (Å²) < 4.78 is 56.3. The number of furan rings is 1. The molecule has 2 nitrogen and oxygen atoms in total. The quantitative estimate of drug-likeness (QED) is 0.863. The summed E-state index contributed by atoms with van der Waals surface area (Å²) in [5, 5.41) is 10.00. The molecule has 0 saturated carbocycles. The van der Waals surface area contributed by atoms with Crippen molar-refractivity contribution in [3.8, 4) is 0 Å². The number of alkyl halides is 3. The maximum Gasteiger partial charge on any atom is 0.419 e. The van der Waals surface area contributed by atoms with Gasteiger partial charge in [-0.1, -0.05) is 13.0 Å². The van der Waals surface area contributed by atoms with Crippen molar-refractivity contribution in [2.75, 3.05) is 0 Å². The zero-order valence-electron chi connectivity index (χ0n) is 10.5. The third kappa shape index (κ3) is 2.85. The Kier molecular flexibility index (Phi) is 3.85. The van der Waals surface area contributed by atoms with Gasteiger partial charge in [0.15, 0.2) is 0 Å². The number of benzene rings is 1. The van der Waals surface area contributed by atoms with Crippen molar-refractivity contribution >= 4 is 0 Å². The van der Waals surface area contributed by atoms with E-state index in [1.807, 2.05) is 6.92 Å². The van der Waals surface area contributed by atoms with Crippen molar-refractivity contribution in [1.82, 2.24) is 0 Å². The summed E-state index contributed by atoms with van der Waals surface area (Å²) >= 11 is 0. The summed E-state index contributed by atoms with van der Waals surface area (Å²) in [4.78, 5) is 0. The number of hydrogen-bond acceptors (Lipinski definition) is 2. The SMILES string of the molecule is CCc1ccc(C(O)c2ccc(F)c(C(F)(F)F)c2)o1. The number of aliphatic hydroxyl groups is 1. The third-order valence-electron chi connectivity index (χ3n) is 2.91. The fourth-order valence-corrected chi connectivity index (χ4v) is 1.83. The molecule has 1 unspecified atom stereocenters. The molecule has 1 N–H and O–H groups in total. The molecule has 0 spiro atoms. The lowest BCUT2D eigenvalue weighted by Gasteiger charge is -2.13. The molecule has 2 rings (SSSR count). The van der Waals surface area contributed by atoms with Crippen molar-refractivity contribution in [2.45, 2.75) is 25.6 Å². The summed E-state index contributed by atoms with van der Waals surface area (Å²) in [5.74, 6) is -0.638. The molecule has 1 aromatic heterocycles. The normalized spacial score (nSPS) is 13.5. The van der Waals surface area contributed by atoms with E-state index in [9.17, 15) is 22.7 Å². The second-order valence-corrected chi connectivity index (χ2v) is 4.30. The topological polar surface area (TPSA) is 33.4 Å². The Morgan fingerprint density at radius 1 is 1.20 bits per heavy atom. The Balaban J connectivity index is 2.37. The smallest absolute Gasteiger partial charge is 0.419 e. The number of aliphatic hydroxyl groups excluding tert-OH is 1. The van der Waals surface area contributed by atoms with Gasteiger partial charge in [-0.2, -0.15) is 13.2 Å². The summed E-state index contributed by atoms with van der Waals surface area (Å²) in [7, 11) is 0. The van der Waals surface area contributed by atoms with E-state index in [4.69, 9.17) is 4.42 Å². The molecule has 1 atom stereocenters. The maximum absolute atomic E-state index is 13.2. The summed E-state index contributed by atoms with van der Waals surface area (Å²) in [6.07, 6.45) is -5.57. The number of rotatable bonds is 3. The fourth-order valence-electron chi connectivity index (χ4n) is 1.83. The van der Waals surface area contributed by atoms with Crippen LogP contribution in [0, 0.1) is 5.82 Å². The van der Waals surface area contributed by atoms with Crippen molar-refractivity contribution in [2.24, 2.45) is 0 Å². The van der Waals surface area contributed by atoms with Gasteiger partial charge in [-0.15, -0.1) is 0 Å². The van der Waals surface area contributed by atoms with Crippen LogP contribution in [0.3, 0.4) is 0 Å². The van der Waals surface area contributed by atoms with Crippen molar-refractivity contribution < 1.29 is 27.1 Å². The van der Waals surface area contributed by atoms with Crippen LogP contribution in [0.15, 0.2) is 34.7 Å². The van der Waals surface area contributed by atoms with E-state index in [0.29, 0.717) is 24.3 Å². The average molecular weight is 288 g/mol. The molecule has 0 aliphatic heterocycles. The standard InChI is InChI=1S/C14H12F4O2/c1-2-9-4-6-12(20-9)13(19)8-3-5-11(15)10(7-8)14(16,17)18/h3-7,13,19H,2H2,1H3. The molecule has 0 aliphatic rings. The molecule has 6 heteroatoms. The number of halogens is 4. The van der Waals surface area contributed by atoms with Crippen LogP contribution in [-0.2, 0) is 12.6 Å². The van der Waals surface area contributed by atoms with Crippen LogP contribution in [0.1, 0.15) is 35.7 Å². The summed E-state index contributed by atoms with van der Waals surface area (Å²) in [6, 6.07) is 5.50. The minimum absolute atomic E-state index is 0.0734. The molecule has 0 amide bonds. The highest BCUT2D eigenvalue weighted by Gasteiger charge is 2.34. The van der Waals surface area contributed by atoms with Crippen LogP contribution in [0.2, 0.25) is 0 Å². The Morgan fingerprint density at radius 3 is 2.45 bits per heavy atom. The number of hydrogen-bond donors (Lipinski definition) is 1. The van der Waals surface area contributed by atoms with E-state index in [-0.39, 0.29) is 11.3 Å². The predicted molar refractivity (Wildman–Crippen MR) is 63.5 cm³/mol. The highest BCUT2D eigenvalue weighted by atomic mass is 19.4. The van der Waals surface area contributed by atoms with Crippen LogP contribution in [0.5, 0.6) is 0 Å². The monoisotopic (exact) mass is 288 g/mol. The minimum atomic E-state index is -4.81. The van der Waals surface area contributed by atoms with Crippen molar-refractivity contribution in [1.29, 1.82) is 0 Å². The first kappa shape index (κ1) is 14.6. The van der Waals surface area contributed by atoms with Gasteiger partial charge >= 0.3 is 6.18 Å². The second kappa shape index (κ2) is 5.28. The van der Waals surface area contributed by atoms with Gasteiger partial charge in [-0.3, -0.25) is 0 Å². The molecular weight excluding hydrogens is 276 g/mol. The average Bonchev–Trinajstić information content (AvgIpc) is 2.86. The minimum Gasteiger partial charge on any atom is -0.463 e. The molecule has 108 valence electrons. The fraction of sp³-hybridized carbons (Fsp3) is 0.286.